The minimum absolute atomic E-state index is 0.0701. The summed E-state index contributed by atoms with van der Waals surface area (Å²) in [5.41, 5.74) is 0.779. The Morgan fingerprint density at radius 3 is 2.56 bits per heavy atom. The Bertz CT molecular complexity index is 757. The van der Waals surface area contributed by atoms with Gasteiger partial charge in [-0.05, 0) is 18.2 Å². The first-order valence-electron chi connectivity index (χ1n) is 5.26. The summed E-state index contributed by atoms with van der Waals surface area (Å²) in [6.45, 7) is 0. The Labute approximate surface area is 101 Å². The summed E-state index contributed by atoms with van der Waals surface area (Å²) >= 11 is 0. The van der Waals surface area contributed by atoms with E-state index >= 15 is 0 Å². The molecule has 0 amide bonds. The zero-order chi connectivity index (χ0) is 12.9. The van der Waals surface area contributed by atoms with E-state index in [0.29, 0.717) is 16.6 Å². The van der Waals surface area contributed by atoms with Gasteiger partial charge < -0.3 is 24.5 Å². The third kappa shape index (κ3) is 1.27. The molecule has 18 heavy (non-hydrogen) atoms. The van der Waals surface area contributed by atoms with Crippen molar-refractivity contribution in [3.8, 4) is 23.0 Å². The molecule has 3 rings (SSSR count). The molecule has 0 saturated heterocycles. The van der Waals surface area contributed by atoms with Crippen molar-refractivity contribution >= 4 is 21.9 Å². The van der Waals surface area contributed by atoms with Crippen LogP contribution in [0.3, 0.4) is 0 Å². The summed E-state index contributed by atoms with van der Waals surface area (Å²) in [6.07, 6.45) is 0. The lowest BCUT2D eigenvalue weighted by Crippen LogP contribution is -1.84. The zero-order valence-electron chi connectivity index (χ0n) is 9.47. The van der Waals surface area contributed by atoms with Gasteiger partial charge in [0.2, 0.25) is 11.5 Å². The predicted octanol–water partition coefficient (Wildman–Crippen LogP) is 2.71. The van der Waals surface area contributed by atoms with Gasteiger partial charge in [0, 0.05) is 16.8 Å². The van der Waals surface area contributed by atoms with Gasteiger partial charge in [0.25, 0.3) is 0 Å². The molecule has 3 N–H and O–H groups in total. The molecule has 5 heteroatoms. The van der Waals surface area contributed by atoms with Gasteiger partial charge in [-0.25, -0.2) is 0 Å². The van der Waals surface area contributed by atoms with Gasteiger partial charge in [-0.3, -0.25) is 0 Å². The Balaban J connectivity index is 2.53. The van der Waals surface area contributed by atoms with Crippen LogP contribution in [0.1, 0.15) is 0 Å². The molecule has 0 aliphatic rings. The topological polar surface area (TPSA) is 83.1 Å². The van der Waals surface area contributed by atoms with Crippen molar-refractivity contribution in [3.05, 3.63) is 24.3 Å². The van der Waals surface area contributed by atoms with Crippen molar-refractivity contribution < 1.29 is 24.5 Å². The van der Waals surface area contributed by atoms with Crippen molar-refractivity contribution in [1.29, 1.82) is 0 Å². The largest absolute Gasteiger partial charge is 0.508 e. The second-order valence-electron chi connectivity index (χ2n) is 3.94. The first kappa shape index (κ1) is 10.6. The Morgan fingerprint density at radius 1 is 1.06 bits per heavy atom. The molecule has 0 fully saturated rings. The predicted molar refractivity (Wildman–Crippen MR) is 65.3 cm³/mol. The van der Waals surface area contributed by atoms with E-state index in [9.17, 15) is 15.3 Å². The smallest absolute Gasteiger partial charge is 0.208 e. The fraction of sp³-hybridized carbons (Fsp3) is 0.0769. The number of rotatable bonds is 1. The molecule has 2 aromatic carbocycles. The van der Waals surface area contributed by atoms with E-state index in [1.165, 1.54) is 25.3 Å². The first-order chi connectivity index (χ1) is 8.61. The van der Waals surface area contributed by atoms with Crippen LogP contribution in [-0.2, 0) is 0 Å². The molecule has 0 atom stereocenters. The molecule has 0 aliphatic carbocycles. The van der Waals surface area contributed by atoms with Gasteiger partial charge in [-0.15, -0.1) is 0 Å². The van der Waals surface area contributed by atoms with E-state index in [1.807, 2.05) is 0 Å². The van der Waals surface area contributed by atoms with Crippen LogP contribution < -0.4 is 4.74 Å². The lowest BCUT2D eigenvalue weighted by Gasteiger charge is -2.05. The van der Waals surface area contributed by atoms with E-state index in [4.69, 9.17) is 9.15 Å². The summed E-state index contributed by atoms with van der Waals surface area (Å²) in [7, 11) is 1.37. The fourth-order valence-electron chi connectivity index (χ4n) is 2.04. The minimum Gasteiger partial charge on any atom is -0.508 e. The second kappa shape index (κ2) is 3.46. The van der Waals surface area contributed by atoms with Crippen LogP contribution in [0.25, 0.3) is 21.9 Å². The molecule has 5 nitrogen and oxygen atoms in total. The molecule has 1 aromatic heterocycles. The minimum atomic E-state index is -0.367. The number of phenolic OH excluding ortho intramolecular Hbond substituents is 3. The van der Waals surface area contributed by atoms with Gasteiger partial charge >= 0.3 is 0 Å². The van der Waals surface area contributed by atoms with Crippen LogP contribution in [0.2, 0.25) is 0 Å². The molecule has 0 unspecified atom stereocenters. The van der Waals surface area contributed by atoms with Crippen LogP contribution in [0.15, 0.2) is 28.7 Å². The van der Waals surface area contributed by atoms with E-state index in [0.717, 1.165) is 5.39 Å². The highest BCUT2D eigenvalue weighted by Crippen LogP contribution is 2.45. The summed E-state index contributed by atoms with van der Waals surface area (Å²) < 4.78 is 10.6. The quantitative estimate of drug-likeness (QED) is 0.575. The van der Waals surface area contributed by atoms with Crippen molar-refractivity contribution in [2.24, 2.45) is 0 Å². The number of methoxy groups -OCH3 is 1. The maximum atomic E-state index is 9.69. The van der Waals surface area contributed by atoms with Crippen LogP contribution >= 0.6 is 0 Å². The molecule has 3 aromatic rings. The first-order valence-corrected chi connectivity index (χ1v) is 5.26. The number of hydrogen-bond donors (Lipinski definition) is 3. The number of furan rings is 1. The van der Waals surface area contributed by atoms with E-state index < -0.39 is 0 Å². The second-order valence-corrected chi connectivity index (χ2v) is 3.94. The SMILES string of the molecule is COc1c(O)c(O)cc2c1oc1cc(O)ccc12. The molecule has 0 saturated carbocycles. The van der Waals surface area contributed by atoms with Crippen molar-refractivity contribution in [3.63, 3.8) is 0 Å². The molecule has 1 heterocycles. The summed E-state index contributed by atoms with van der Waals surface area (Å²) in [6, 6.07) is 6.05. The molecular formula is C13H10O5. The number of phenols is 3. The van der Waals surface area contributed by atoms with Crippen LogP contribution in [0, 0.1) is 0 Å². The lowest BCUT2D eigenvalue weighted by molar-refractivity contribution is 0.351. The third-order valence-electron chi connectivity index (χ3n) is 2.86. The van der Waals surface area contributed by atoms with E-state index in [1.54, 1.807) is 6.07 Å². The Kier molecular flexibility index (Phi) is 2.04. The standard InChI is InChI=1S/C13H10O5/c1-17-13-11(16)9(15)5-8-7-3-2-6(14)4-10(7)18-12(8)13/h2-5,14-16H,1H3. The zero-order valence-corrected chi connectivity index (χ0v) is 9.47. The molecular weight excluding hydrogens is 236 g/mol. The number of ether oxygens (including phenoxy) is 1. The highest BCUT2D eigenvalue weighted by Gasteiger charge is 2.18. The monoisotopic (exact) mass is 246 g/mol. The Hall–Kier alpha value is -2.56. The maximum absolute atomic E-state index is 9.69. The average molecular weight is 246 g/mol. The number of aromatic hydroxyl groups is 3. The normalized spacial score (nSPS) is 11.2. The van der Waals surface area contributed by atoms with Crippen LogP contribution in [0.5, 0.6) is 23.0 Å². The number of hydrogen-bond acceptors (Lipinski definition) is 5. The molecule has 92 valence electrons. The van der Waals surface area contributed by atoms with Crippen molar-refractivity contribution in [1.82, 2.24) is 0 Å². The molecule has 0 radical (unpaired) electrons. The average Bonchev–Trinajstić information content (AvgIpc) is 2.68. The van der Waals surface area contributed by atoms with Gasteiger partial charge in [-0.1, -0.05) is 0 Å². The molecule has 0 aliphatic heterocycles. The summed E-state index contributed by atoms with van der Waals surface area (Å²) in [4.78, 5) is 0. The lowest BCUT2D eigenvalue weighted by atomic mass is 10.1. The number of fused-ring (bicyclic) bond motifs is 3. The Morgan fingerprint density at radius 2 is 1.83 bits per heavy atom. The fourth-order valence-corrected chi connectivity index (χ4v) is 2.04. The molecule has 0 bridgehead atoms. The highest BCUT2D eigenvalue weighted by molar-refractivity contribution is 6.08. The van der Waals surface area contributed by atoms with E-state index in [-0.39, 0.29) is 23.0 Å². The third-order valence-corrected chi connectivity index (χ3v) is 2.86. The van der Waals surface area contributed by atoms with Gasteiger partial charge in [0.15, 0.2) is 11.3 Å². The van der Waals surface area contributed by atoms with Crippen molar-refractivity contribution in [2.75, 3.05) is 7.11 Å². The van der Waals surface area contributed by atoms with E-state index in [2.05, 4.69) is 0 Å². The van der Waals surface area contributed by atoms with Gasteiger partial charge in [0.05, 0.1) is 7.11 Å². The van der Waals surface area contributed by atoms with Gasteiger partial charge in [-0.2, -0.15) is 0 Å². The summed E-state index contributed by atoms with van der Waals surface area (Å²) in [5, 5.41) is 30.1. The highest BCUT2D eigenvalue weighted by atomic mass is 16.5. The number of benzene rings is 2. The molecule has 0 spiro atoms. The summed E-state index contributed by atoms with van der Waals surface area (Å²) in [5.74, 6) is -0.502. The van der Waals surface area contributed by atoms with Gasteiger partial charge in [0.1, 0.15) is 11.3 Å². The van der Waals surface area contributed by atoms with Crippen LogP contribution in [0.4, 0.5) is 0 Å². The maximum Gasteiger partial charge on any atom is 0.208 e. The van der Waals surface area contributed by atoms with Crippen LogP contribution in [-0.4, -0.2) is 22.4 Å². The van der Waals surface area contributed by atoms with Crippen molar-refractivity contribution in [2.45, 2.75) is 0 Å².